The summed E-state index contributed by atoms with van der Waals surface area (Å²) in [5, 5.41) is 5.56. The van der Waals surface area contributed by atoms with Gasteiger partial charge in [0.1, 0.15) is 5.69 Å². The van der Waals surface area contributed by atoms with E-state index in [1.54, 1.807) is 11.6 Å². The minimum Gasteiger partial charge on any atom is -0.388 e. The van der Waals surface area contributed by atoms with Crippen molar-refractivity contribution in [3.05, 3.63) is 29.3 Å². The van der Waals surface area contributed by atoms with Crippen LogP contribution in [0.1, 0.15) is 11.4 Å². The number of nitrogens with one attached hydrogen (secondary N) is 1. The zero-order valence-electron chi connectivity index (χ0n) is 9.16. The van der Waals surface area contributed by atoms with Gasteiger partial charge < -0.3 is 21.3 Å². The number of H-pyrrole nitrogens is 1. The van der Waals surface area contributed by atoms with Crippen LogP contribution in [-0.4, -0.2) is 26.6 Å². The van der Waals surface area contributed by atoms with E-state index in [1.165, 1.54) is 17.7 Å². The van der Waals surface area contributed by atoms with Gasteiger partial charge in [-0.15, -0.1) is 11.3 Å². The van der Waals surface area contributed by atoms with Gasteiger partial charge in [0.25, 0.3) is 5.91 Å². The van der Waals surface area contributed by atoms with Gasteiger partial charge in [0.05, 0.1) is 12.0 Å². The third-order valence-corrected chi connectivity index (χ3v) is 2.59. The first-order valence-corrected chi connectivity index (χ1v) is 5.73. The highest BCUT2D eigenvalue weighted by Gasteiger charge is 2.15. The SMILES string of the molecule is NC(=O)C(=NOCc1c[nH]cn1)c1csc(N)n1. The molecule has 2 aromatic rings. The number of oxime groups is 1. The molecule has 2 heterocycles. The van der Waals surface area contributed by atoms with Gasteiger partial charge in [-0.3, -0.25) is 4.79 Å². The Morgan fingerprint density at radius 2 is 2.44 bits per heavy atom. The zero-order valence-corrected chi connectivity index (χ0v) is 9.98. The van der Waals surface area contributed by atoms with Crippen LogP contribution in [0.2, 0.25) is 0 Å². The fourth-order valence-electron chi connectivity index (χ4n) is 1.15. The van der Waals surface area contributed by atoms with Crippen LogP contribution in [0.15, 0.2) is 23.1 Å². The number of nitrogens with zero attached hydrogens (tertiary/aromatic N) is 3. The van der Waals surface area contributed by atoms with Crippen LogP contribution in [0.3, 0.4) is 0 Å². The molecule has 0 bridgehead atoms. The number of aromatic nitrogens is 3. The number of thiazole rings is 1. The smallest absolute Gasteiger partial charge is 0.273 e. The van der Waals surface area contributed by atoms with Crippen molar-refractivity contribution in [2.75, 3.05) is 5.73 Å². The van der Waals surface area contributed by atoms with Crippen LogP contribution in [-0.2, 0) is 16.2 Å². The number of aromatic amines is 1. The molecule has 8 nitrogen and oxygen atoms in total. The number of hydrogen-bond acceptors (Lipinski definition) is 7. The Morgan fingerprint density at radius 3 is 3.00 bits per heavy atom. The lowest BCUT2D eigenvalue weighted by molar-refractivity contribution is -0.112. The van der Waals surface area contributed by atoms with Gasteiger partial charge in [-0.2, -0.15) is 0 Å². The lowest BCUT2D eigenvalue weighted by Gasteiger charge is -1.99. The predicted octanol–water partition coefficient (Wildman–Crippen LogP) is -0.145. The maximum absolute atomic E-state index is 11.2. The number of amides is 1. The zero-order chi connectivity index (χ0) is 13.0. The van der Waals surface area contributed by atoms with Crippen molar-refractivity contribution in [2.45, 2.75) is 6.61 Å². The van der Waals surface area contributed by atoms with E-state index in [0.29, 0.717) is 16.5 Å². The molecule has 0 spiro atoms. The number of nitrogens with two attached hydrogens (primary N) is 2. The first kappa shape index (κ1) is 12.0. The second-order valence-electron chi connectivity index (χ2n) is 3.21. The Balaban J connectivity index is 2.08. The van der Waals surface area contributed by atoms with E-state index in [9.17, 15) is 4.79 Å². The van der Waals surface area contributed by atoms with Gasteiger partial charge in [0.2, 0.25) is 0 Å². The summed E-state index contributed by atoms with van der Waals surface area (Å²) < 4.78 is 0. The molecule has 94 valence electrons. The van der Waals surface area contributed by atoms with E-state index >= 15 is 0 Å². The fourth-order valence-corrected chi connectivity index (χ4v) is 1.69. The standard InChI is InChI=1S/C9H10N6O2S/c10-8(16)7(6-3-18-9(11)14-6)15-17-2-5-1-12-4-13-5/h1,3-4H,2H2,(H2,10,16)(H2,11,14)(H,12,13). The summed E-state index contributed by atoms with van der Waals surface area (Å²) in [5.74, 6) is -0.734. The number of primary amides is 1. The van der Waals surface area contributed by atoms with E-state index in [4.69, 9.17) is 16.3 Å². The first-order valence-electron chi connectivity index (χ1n) is 4.85. The van der Waals surface area contributed by atoms with Crippen LogP contribution in [0, 0.1) is 0 Å². The summed E-state index contributed by atoms with van der Waals surface area (Å²) >= 11 is 1.19. The Hall–Kier alpha value is -2.42. The van der Waals surface area contributed by atoms with Gasteiger partial charge in [0.15, 0.2) is 17.5 Å². The van der Waals surface area contributed by atoms with Crippen LogP contribution in [0.4, 0.5) is 5.13 Å². The van der Waals surface area contributed by atoms with Crippen molar-refractivity contribution in [1.82, 2.24) is 15.0 Å². The molecule has 0 aliphatic carbocycles. The largest absolute Gasteiger partial charge is 0.388 e. The molecule has 0 saturated carbocycles. The van der Waals surface area contributed by atoms with E-state index in [1.807, 2.05) is 0 Å². The molecule has 0 aromatic carbocycles. The first-order chi connectivity index (χ1) is 8.66. The number of anilines is 1. The van der Waals surface area contributed by atoms with Crippen molar-refractivity contribution in [3.8, 4) is 0 Å². The Morgan fingerprint density at radius 1 is 1.61 bits per heavy atom. The highest BCUT2D eigenvalue weighted by Crippen LogP contribution is 2.12. The molecule has 2 aromatic heterocycles. The van der Waals surface area contributed by atoms with E-state index in [0.717, 1.165) is 0 Å². The molecule has 1 amide bonds. The second-order valence-corrected chi connectivity index (χ2v) is 4.10. The second kappa shape index (κ2) is 5.27. The summed E-state index contributed by atoms with van der Waals surface area (Å²) in [5.41, 5.74) is 11.5. The fraction of sp³-hybridized carbons (Fsp3) is 0.111. The predicted molar refractivity (Wildman–Crippen MR) is 65.6 cm³/mol. The minimum atomic E-state index is -0.734. The van der Waals surface area contributed by atoms with Gasteiger partial charge in [-0.1, -0.05) is 5.16 Å². The quantitative estimate of drug-likeness (QED) is 0.511. The van der Waals surface area contributed by atoms with E-state index < -0.39 is 5.91 Å². The minimum absolute atomic E-state index is 0.0708. The Bertz CT molecular complexity index is 561. The van der Waals surface area contributed by atoms with Crippen LogP contribution >= 0.6 is 11.3 Å². The van der Waals surface area contributed by atoms with E-state index in [-0.39, 0.29) is 12.3 Å². The molecule has 0 aliphatic rings. The molecule has 9 heteroatoms. The number of hydrogen-bond donors (Lipinski definition) is 3. The Labute approximate surface area is 106 Å². The maximum Gasteiger partial charge on any atom is 0.273 e. The molecule has 0 radical (unpaired) electrons. The molecule has 0 atom stereocenters. The summed E-state index contributed by atoms with van der Waals surface area (Å²) in [7, 11) is 0. The van der Waals surface area contributed by atoms with Crippen molar-refractivity contribution in [1.29, 1.82) is 0 Å². The maximum atomic E-state index is 11.2. The molecule has 0 fully saturated rings. The van der Waals surface area contributed by atoms with Gasteiger partial charge in [-0.25, -0.2) is 9.97 Å². The third kappa shape index (κ3) is 2.83. The molecule has 0 unspecified atom stereocenters. The third-order valence-electron chi connectivity index (χ3n) is 1.92. The Kier molecular flexibility index (Phi) is 3.53. The normalized spacial score (nSPS) is 11.4. The molecule has 18 heavy (non-hydrogen) atoms. The monoisotopic (exact) mass is 266 g/mol. The van der Waals surface area contributed by atoms with E-state index in [2.05, 4.69) is 20.1 Å². The van der Waals surface area contributed by atoms with Gasteiger partial charge >= 0.3 is 0 Å². The summed E-state index contributed by atoms with van der Waals surface area (Å²) in [6.07, 6.45) is 3.17. The number of rotatable bonds is 5. The van der Waals surface area contributed by atoms with Crippen molar-refractivity contribution >= 4 is 28.1 Å². The van der Waals surface area contributed by atoms with Crippen LogP contribution in [0.25, 0.3) is 0 Å². The average molecular weight is 266 g/mol. The highest BCUT2D eigenvalue weighted by atomic mass is 32.1. The average Bonchev–Trinajstić information content (AvgIpc) is 2.95. The highest BCUT2D eigenvalue weighted by molar-refractivity contribution is 7.13. The van der Waals surface area contributed by atoms with Gasteiger partial charge in [-0.05, 0) is 0 Å². The number of carbonyl (C=O) groups is 1. The summed E-state index contributed by atoms with van der Waals surface area (Å²) in [4.78, 5) is 26.8. The van der Waals surface area contributed by atoms with Crippen molar-refractivity contribution in [2.24, 2.45) is 10.9 Å². The van der Waals surface area contributed by atoms with Crippen molar-refractivity contribution < 1.29 is 9.63 Å². The van der Waals surface area contributed by atoms with Crippen LogP contribution in [0.5, 0.6) is 0 Å². The number of imidazole rings is 1. The molecule has 0 saturated heterocycles. The molecule has 2 rings (SSSR count). The number of nitrogen functional groups attached to an aromatic ring is 1. The van der Waals surface area contributed by atoms with Gasteiger partial charge in [0, 0.05) is 11.6 Å². The lowest BCUT2D eigenvalue weighted by Crippen LogP contribution is -2.25. The van der Waals surface area contributed by atoms with Crippen LogP contribution < -0.4 is 11.5 Å². The van der Waals surface area contributed by atoms with Crippen molar-refractivity contribution in [3.63, 3.8) is 0 Å². The summed E-state index contributed by atoms with van der Waals surface area (Å²) in [6, 6.07) is 0. The molecular formula is C9H10N6O2S. The molecular weight excluding hydrogens is 256 g/mol. The lowest BCUT2D eigenvalue weighted by atomic mass is 10.3. The summed E-state index contributed by atoms with van der Waals surface area (Å²) in [6.45, 7) is 0.125. The molecule has 5 N–H and O–H groups in total. The molecule has 0 aliphatic heterocycles. The topological polar surface area (TPSA) is 132 Å². The number of carbonyl (C=O) groups excluding carboxylic acids is 1.